The van der Waals surface area contributed by atoms with Gasteiger partial charge in [0, 0.05) is 6.42 Å². The van der Waals surface area contributed by atoms with E-state index in [-0.39, 0.29) is 12.4 Å². The molecule has 0 aliphatic heterocycles. The third kappa shape index (κ3) is 4.44. The van der Waals surface area contributed by atoms with Gasteiger partial charge in [-0.1, -0.05) is 36.4 Å². The fourth-order valence-corrected chi connectivity index (χ4v) is 3.44. The van der Waals surface area contributed by atoms with Gasteiger partial charge in [0.1, 0.15) is 24.4 Å². The fourth-order valence-electron chi connectivity index (χ4n) is 3.44. The van der Waals surface area contributed by atoms with E-state index in [1.54, 1.807) is 25.3 Å². The maximum absolute atomic E-state index is 13.2. The summed E-state index contributed by atoms with van der Waals surface area (Å²) in [6, 6.07) is 21.5. The quantitative estimate of drug-likeness (QED) is 0.476. The standard InChI is InChI=1S/C24H23FN2O3/c1-29-22-8-4-5-9-23(22)30-16-19(28)15-27-21-7-3-2-6-20(21)26-24(27)14-17-10-12-18(25)13-11-17/h2-13,19,28H,14-16H2,1H3. The molecule has 6 heteroatoms. The van der Waals surface area contributed by atoms with Gasteiger partial charge in [-0.05, 0) is 42.0 Å². The van der Waals surface area contributed by atoms with Crippen LogP contribution < -0.4 is 9.47 Å². The van der Waals surface area contributed by atoms with Gasteiger partial charge in [0.2, 0.25) is 0 Å². The summed E-state index contributed by atoms with van der Waals surface area (Å²) in [6.45, 7) is 0.440. The van der Waals surface area contributed by atoms with Gasteiger partial charge in [-0.15, -0.1) is 0 Å². The molecule has 0 amide bonds. The van der Waals surface area contributed by atoms with Crippen LogP contribution in [0.15, 0.2) is 72.8 Å². The van der Waals surface area contributed by atoms with Crippen LogP contribution in [0, 0.1) is 5.82 Å². The number of para-hydroxylation sites is 4. The molecule has 0 saturated carbocycles. The number of ether oxygens (including phenoxy) is 2. The summed E-state index contributed by atoms with van der Waals surface area (Å²) >= 11 is 0. The number of fused-ring (bicyclic) bond motifs is 1. The number of imidazole rings is 1. The van der Waals surface area contributed by atoms with Crippen LogP contribution in [0.4, 0.5) is 4.39 Å². The number of halogens is 1. The van der Waals surface area contributed by atoms with E-state index in [4.69, 9.17) is 14.5 Å². The maximum atomic E-state index is 13.2. The average Bonchev–Trinajstić information content (AvgIpc) is 3.11. The summed E-state index contributed by atoms with van der Waals surface area (Å²) in [5, 5.41) is 10.7. The minimum atomic E-state index is -0.750. The van der Waals surface area contributed by atoms with Crippen molar-refractivity contribution >= 4 is 11.0 Å². The van der Waals surface area contributed by atoms with Crippen LogP contribution in [-0.2, 0) is 13.0 Å². The number of benzene rings is 3. The Kier molecular flexibility index (Phi) is 5.95. The van der Waals surface area contributed by atoms with Crippen molar-refractivity contribution in [2.75, 3.05) is 13.7 Å². The Labute approximate surface area is 174 Å². The average molecular weight is 406 g/mol. The molecule has 4 rings (SSSR count). The van der Waals surface area contributed by atoms with Crippen LogP contribution in [0.5, 0.6) is 11.5 Å². The van der Waals surface area contributed by atoms with E-state index in [0.29, 0.717) is 24.5 Å². The zero-order valence-electron chi connectivity index (χ0n) is 16.7. The zero-order valence-corrected chi connectivity index (χ0v) is 16.7. The Morgan fingerprint density at radius 2 is 1.67 bits per heavy atom. The molecular weight excluding hydrogens is 383 g/mol. The molecule has 0 bridgehead atoms. The highest BCUT2D eigenvalue weighted by atomic mass is 19.1. The molecule has 4 aromatic rings. The van der Waals surface area contributed by atoms with E-state index in [1.807, 2.05) is 47.0 Å². The number of aromatic nitrogens is 2. The molecule has 0 radical (unpaired) electrons. The number of hydrogen-bond acceptors (Lipinski definition) is 4. The fraction of sp³-hybridized carbons (Fsp3) is 0.208. The number of aliphatic hydroxyl groups is 1. The van der Waals surface area contributed by atoms with E-state index in [1.165, 1.54) is 12.1 Å². The van der Waals surface area contributed by atoms with Crippen molar-refractivity contribution in [3.8, 4) is 11.5 Å². The lowest BCUT2D eigenvalue weighted by Gasteiger charge is -2.17. The minimum absolute atomic E-state index is 0.114. The van der Waals surface area contributed by atoms with Gasteiger partial charge in [0.05, 0.1) is 24.7 Å². The summed E-state index contributed by atoms with van der Waals surface area (Å²) in [5.41, 5.74) is 2.74. The van der Waals surface area contributed by atoms with Crippen molar-refractivity contribution in [1.29, 1.82) is 0 Å². The van der Waals surface area contributed by atoms with Gasteiger partial charge in [0.25, 0.3) is 0 Å². The van der Waals surface area contributed by atoms with Crippen LogP contribution >= 0.6 is 0 Å². The predicted molar refractivity (Wildman–Crippen MR) is 113 cm³/mol. The first-order valence-corrected chi connectivity index (χ1v) is 9.76. The van der Waals surface area contributed by atoms with Crippen LogP contribution in [0.2, 0.25) is 0 Å². The molecule has 0 spiro atoms. The largest absolute Gasteiger partial charge is 0.493 e. The molecule has 154 valence electrons. The Bertz CT molecular complexity index is 1120. The van der Waals surface area contributed by atoms with Crippen molar-refractivity contribution in [2.24, 2.45) is 0 Å². The Morgan fingerprint density at radius 3 is 2.43 bits per heavy atom. The summed E-state index contributed by atoms with van der Waals surface area (Å²) in [4.78, 5) is 4.73. The molecule has 1 heterocycles. The first-order valence-electron chi connectivity index (χ1n) is 9.76. The van der Waals surface area contributed by atoms with Crippen LogP contribution in [-0.4, -0.2) is 34.5 Å². The highest BCUT2D eigenvalue weighted by Crippen LogP contribution is 2.26. The van der Waals surface area contributed by atoms with Crippen molar-refractivity contribution in [3.63, 3.8) is 0 Å². The molecule has 1 N–H and O–H groups in total. The smallest absolute Gasteiger partial charge is 0.161 e. The van der Waals surface area contributed by atoms with Gasteiger partial charge in [-0.3, -0.25) is 0 Å². The van der Waals surface area contributed by atoms with Gasteiger partial charge in [0.15, 0.2) is 11.5 Å². The Hall–Kier alpha value is -3.38. The number of rotatable bonds is 8. The lowest BCUT2D eigenvalue weighted by Crippen LogP contribution is -2.24. The minimum Gasteiger partial charge on any atom is -0.493 e. The van der Waals surface area contributed by atoms with Gasteiger partial charge < -0.3 is 19.1 Å². The van der Waals surface area contributed by atoms with E-state index in [2.05, 4.69) is 0 Å². The van der Waals surface area contributed by atoms with Crippen molar-refractivity contribution in [3.05, 3.63) is 90.0 Å². The number of methoxy groups -OCH3 is 1. The summed E-state index contributed by atoms with van der Waals surface area (Å²) < 4.78 is 26.3. The summed E-state index contributed by atoms with van der Waals surface area (Å²) in [5.74, 6) is 1.74. The summed E-state index contributed by atoms with van der Waals surface area (Å²) in [6.07, 6.45) is -0.214. The first-order chi connectivity index (χ1) is 14.6. The highest BCUT2D eigenvalue weighted by Gasteiger charge is 2.16. The third-order valence-electron chi connectivity index (χ3n) is 4.90. The molecule has 0 saturated heterocycles. The highest BCUT2D eigenvalue weighted by molar-refractivity contribution is 5.76. The topological polar surface area (TPSA) is 56.5 Å². The van der Waals surface area contributed by atoms with E-state index in [9.17, 15) is 9.50 Å². The zero-order chi connectivity index (χ0) is 20.9. The molecular formula is C24H23FN2O3. The normalized spacial score (nSPS) is 12.1. The molecule has 1 unspecified atom stereocenters. The van der Waals surface area contributed by atoms with Crippen molar-refractivity contribution in [2.45, 2.75) is 19.1 Å². The molecule has 1 aromatic heterocycles. The first kappa shape index (κ1) is 19.9. The SMILES string of the molecule is COc1ccccc1OCC(O)Cn1c(Cc2ccc(F)cc2)nc2ccccc21. The van der Waals surface area contributed by atoms with Gasteiger partial charge in [-0.2, -0.15) is 0 Å². The second-order valence-electron chi connectivity index (χ2n) is 7.05. The van der Waals surface area contributed by atoms with Crippen LogP contribution in [0.3, 0.4) is 0 Å². The second kappa shape index (κ2) is 8.97. The van der Waals surface area contributed by atoms with Gasteiger partial charge >= 0.3 is 0 Å². The van der Waals surface area contributed by atoms with E-state index in [0.717, 1.165) is 22.4 Å². The Balaban J connectivity index is 1.54. The third-order valence-corrected chi connectivity index (χ3v) is 4.90. The number of hydrogen-bond donors (Lipinski definition) is 1. The molecule has 1 atom stereocenters. The number of nitrogens with zero attached hydrogens (tertiary/aromatic N) is 2. The lowest BCUT2D eigenvalue weighted by molar-refractivity contribution is 0.0913. The maximum Gasteiger partial charge on any atom is 0.161 e. The number of aliphatic hydroxyl groups excluding tert-OH is 1. The Morgan fingerprint density at radius 1 is 0.967 bits per heavy atom. The monoisotopic (exact) mass is 406 g/mol. The summed E-state index contributed by atoms with van der Waals surface area (Å²) in [7, 11) is 1.58. The van der Waals surface area contributed by atoms with Crippen molar-refractivity contribution in [1.82, 2.24) is 9.55 Å². The molecule has 3 aromatic carbocycles. The second-order valence-corrected chi connectivity index (χ2v) is 7.05. The van der Waals surface area contributed by atoms with E-state index < -0.39 is 6.10 Å². The molecule has 0 aliphatic rings. The molecule has 0 aliphatic carbocycles. The lowest BCUT2D eigenvalue weighted by atomic mass is 10.1. The van der Waals surface area contributed by atoms with Crippen LogP contribution in [0.1, 0.15) is 11.4 Å². The molecule has 0 fully saturated rings. The molecule has 5 nitrogen and oxygen atoms in total. The van der Waals surface area contributed by atoms with Gasteiger partial charge in [-0.25, -0.2) is 9.37 Å². The molecule has 30 heavy (non-hydrogen) atoms. The van der Waals surface area contributed by atoms with E-state index >= 15 is 0 Å². The van der Waals surface area contributed by atoms with Crippen LogP contribution in [0.25, 0.3) is 11.0 Å². The predicted octanol–water partition coefficient (Wildman–Crippen LogP) is 4.21. The van der Waals surface area contributed by atoms with Crippen molar-refractivity contribution < 1.29 is 19.0 Å².